The van der Waals surface area contributed by atoms with Gasteiger partial charge >= 0.3 is 0 Å². The minimum Gasteiger partial charge on any atom is -0.380 e. The number of nitrogens with zero attached hydrogens (tertiary/aromatic N) is 5. The number of pyridine rings is 2. The predicted molar refractivity (Wildman–Crippen MR) is 133 cm³/mol. The Balaban J connectivity index is 0.00000385. The van der Waals surface area contributed by atoms with Crippen molar-refractivity contribution in [2.75, 3.05) is 63.6 Å². The summed E-state index contributed by atoms with van der Waals surface area (Å²) in [6.07, 6.45) is 3.26. The van der Waals surface area contributed by atoms with Crippen LogP contribution in [0.15, 0.2) is 36.7 Å². The number of aromatic nitrogens is 2. The molecule has 1 saturated heterocycles. The molecule has 2 N–H and O–H groups in total. The number of halogens is 1. The molecule has 0 aliphatic carbocycles. The Labute approximate surface area is 202 Å². The van der Waals surface area contributed by atoms with Gasteiger partial charge in [-0.05, 0) is 52.2 Å². The molecule has 2 aromatic heterocycles. The molecule has 3 heterocycles. The number of carbonyl (C=O) groups is 2. The quantitative estimate of drug-likeness (QED) is 0.602. The zero-order valence-corrected chi connectivity index (χ0v) is 20.6. The van der Waals surface area contributed by atoms with Crippen LogP contribution in [-0.2, 0) is 0 Å². The van der Waals surface area contributed by atoms with Crippen molar-refractivity contribution in [2.24, 2.45) is 0 Å². The summed E-state index contributed by atoms with van der Waals surface area (Å²) in [7, 11) is 3.90. The van der Waals surface area contributed by atoms with Gasteiger partial charge in [0.05, 0.1) is 11.3 Å². The molecular formula is C23H34ClN7O2. The molecule has 2 amide bonds. The zero-order valence-electron chi connectivity index (χ0n) is 19.7. The van der Waals surface area contributed by atoms with Crippen LogP contribution in [0.25, 0.3) is 0 Å². The summed E-state index contributed by atoms with van der Waals surface area (Å²) < 4.78 is 0. The number of carbonyl (C=O) groups excluding carboxylic acids is 2. The van der Waals surface area contributed by atoms with Crippen molar-refractivity contribution in [3.8, 4) is 0 Å². The van der Waals surface area contributed by atoms with Crippen molar-refractivity contribution in [2.45, 2.75) is 19.9 Å². The molecule has 0 atom stereocenters. The molecule has 180 valence electrons. The topological polar surface area (TPSA) is 93.7 Å². The summed E-state index contributed by atoms with van der Waals surface area (Å²) in [5.74, 6) is 0.606. The van der Waals surface area contributed by atoms with E-state index < -0.39 is 0 Å². The summed E-state index contributed by atoms with van der Waals surface area (Å²) in [4.78, 5) is 39.9. The summed E-state index contributed by atoms with van der Waals surface area (Å²) >= 11 is 0. The lowest BCUT2D eigenvalue weighted by molar-refractivity contribution is 0.0740. The Morgan fingerprint density at radius 1 is 1.09 bits per heavy atom. The zero-order chi connectivity index (χ0) is 23.1. The summed E-state index contributed by atoms with van der Waals surface area (Å²) in [6.45, 7) is 8.08. The number of hydrogen-bond acceptors (Lipinski definition) is 7. The second kappa shape index (κ2) is 12.4. The first-order chi connectivity index (χ1) is 15.3. The molecule has 3 rings (SSSR count). The molecule has 1 fully saturated rings. The number of rotatable bonds is 8. The van der Waals surface area contributed by atoms with Crippen molar-refractivity contribution in [3.63, 3.8) is 0 Å². The minimum absolute atomic E-state index is 0. The number of likely N-dealkylation sites (N-methyl/N-ethyl adjacent to an activating group) is 1. The van der Waals surface area contributed by atoms with E-state index in [0.717, 1.165) is 18.1 Å². The lowest BCUT2D eigenvalue weighted by Crippen LogP contribution is -2.49. The molecule has 1 aliphatic rings. The van der Waals surface area contributed by atoms with Crippen molar-refractivity contribution in [1.82, 2.24) is 25.1 Å². The normalized spacial score (nSPS) is 13.6. The van der Waals surface area contributed by atoms with E-state index in [0.29, 0.717) is 50.0 Å². The highest BCUT2D eigenvalue weighted by Crippen LogP contribution is 2.24. The number of amides is 2. The average molecular weight is 476 g/mol. The van der Waals surface area contributed by atoms with Crippen molar-refractivity contribution in [1.29, 1.82) is 0 Å². The van der Waals surface area contributed by atoms with Gasteiger partial charge in [-0.3, -0.25) is 14.6 Å². The molecule has 9 nitrogen and oxygen atoms in total. The summed E-state index contributed by atoms with van der Waals surface area (Å²) in [5.41, 5.74) is 1.80. The molecule has 0 spiro atoms. The molecule has 0 saturated carbocycles. The van der Waals surface area contributed by atoms with Gasteiger partial charge in [0, 0.05) is 57.7 Å². The van der Waals surface area contributed by atoms with Gasteiger partial charge in [0.2, 0.25) is 0 Å². The first-order valence-corrected chi connectivity index (χ1v) is 11.0. The van der Waals surface area contributed by atoms with Gasteiger partial charge in [-0.1, -0.05) is 0 Å². The van der Waals surface area contributed by atoms with Gasteiger partial charge in [-0.2, -0.15) is 0 Å². The summed E-state index contributed by atoms with van der Waals surface area (Å²) in [5, 5.41) is 6.28. The number of piperazine rings is 1. The molecule has 0 bridgehead atoms. The molecule has 33 heavy (non-hydrogen) atoms. The third-order valence-electron chi connectivity index (χ3n) is 5.19. The average Bonchev–Trinajstić information content (AvgIpc) is 2.78. The SMILES string of the molecule is CC(C)Nc1cccnc1N1CCN(C(=O)c2ccc(C(=O)NCCN(C)C)cn2)CC1.Cl. The molecular weight excluding hydrogens is 442 g/mol. The van der Waals surface area contributed by atoms with E-state index in [4.69, 9.17) is 0 Å². The van der Waals surface area contributed by atoms with Crippen molar-refractivity contribution in [3.05, 3.63) is 47.9 Å². The maximum Gasteiger partial charge on any atom is 0.272 e. The van der Waals surface area contributed by atoms with Crippen LogP contribution >= 0.6 is 12.4 Å². The van der Waals surface area contributed by atoms with Crippen LogP contribution in [0.3, 0.4) is 0 Å². The smallest absolute Gasteiger partial charge is 0.272 e. The van der Waals surface area contributed by atoms with Crippen LogP contribution in [0.5, 0.6) is 0 Å². The molecule has 0 aromatic carbocycles. The lowest BCUT2D eigenvalue weighted by Gasteiger charge is -2.36. The van der Waals surface area contributed by atoms with Crippen molar-refractivity contribution < 1.29 is 9.59 Å². The highest BCUT2D eigenvalue weighted by atomic mass is 35.5. The van der Waals surface area contributed by atoms with E-state index in [1.165, 1.54) is 6.20 Å². The highest BCUT2D eigenvalue weighted by Gasteiger charge is 2.25. The predicted octanol–water partition coefficient (Wildman–Crippen LogP) is 1.97. The minimum atomic E-state index is -0.187. The fraction of sp³-hybridized carbons (Fsp3) is 0.478. The Bertz CT molecular complexity index is 913. The Hall–Kier alpha value is -2.91. The van der Waals surface area contributed by atoms with Crippen LogP contribution in [0.1, 0.15) is 34.7 Å². The van der Waals surface area contributed by atoms with Gasteiger partial charge in [0.1, 0.15) is 5.69 Å². The van der Waals surface area contributed by atoms with E-state index in [1.807, 2.05) is 31.1 Å². The first kappa shape index (κ1) is 26.3. The van der Waals surface area contributed by atoms with Crippen molar-refractivity contribution >= 4 is 35.7 Å². The Morgan fingerprint density at radius 2 is 1.82 bits per heavy atom. The third-order valence-corrected chi connectivity index (χ3v) is 5.19. The van der Waals surface area contributed by atoms with Crippen LogP contribution in [0.4, 0.5) is 11.5 Å². The number of hydrogen-bond donors (Lipinski definition) is 2. The summed E-state index contributed by atoms with van der Waals surface area (Å²) in [6, 6.07) is 7.54. The standard InChI is InChI=1S/C23H33N7O2.ClH/c1-17(2)27-19-6-5-9-24-21(19)29-12-14-30(15-13-29)23(32)20-8-7-18(16-26-20)22(31)25-10-11-28(3)4;/h5-9,16-17,27H,10-15H2,1-4H3,(H,25,31);1H. The van der Waals surface area contributed by atoms with E-state index in [2.05, 4.69) is 39.3 Å². The van der Waals surface area contributed by atoms with E-state index in [-0.39, 0.29) is 24.2 Å². The second-order valence-electron chi connectivity index (χ2n) is 8.44. The van der Waals surface area contributed by atoms with E-state index >= 15 is 0 Å². The fourth-order valence-corrected chi connectivity index (χ4v) is 3.51. The van der Waals surface area contributed by atoms with Gasteiger partial charge in [0.25, 0.3) is 11.8 Å². The van der Waals surface area contributed by atoms with Crippen LogP contribution in [-0.4, -0.2) is 91.0 Å². The third kappa shape index (κ3) is 7.30. The van der Waals surface area contributed by atoms with E-state index in [9.17, 15) is 9.59 Å². The number of anilines is 2. The largest absolute Gasteiger partial charge is 0.380 e. The molecule has 10 heteroatoms. The Kier molecular flexibility index (Phi) is 9.87. The van der Waals surface area contributed by atoms with Crippen LogP contribution in [0.2, 0.25) is 0 Å². The highest BCUT2D eigenvalue weighted by molar-refractivity contribution is 5.96. The van der Waals surface area contributed by atoms with E-state index in [1.54, 1.807) is 23.2 Å². The monoisotopic (exact) mass is 475 g/mol. The Morgan fingerprint density at radius 3 is 2.42 bits per heavy atom. The molecule has 0 radical (unpaired) electrons. The second-order valence-corrected chi connectivity index (χ2v) is 8.44. The van der Waals surface area contributed by atoms with Gasteiger partial charge in [0.15, 0.2) is 5.82 Å². The first-order valence-electron chi connectivity index (χ1n) is 11.0. The van der Waals surface area contributed by atoms with Crippen LogP contribution in [0, 0.1) is 0 Å². The molecule has 1 aliphatic heterocycles. The fourth-order valence-electron chi connectivity index (χ4n) is 3.51. The maximum atomic E-state index is 12.9. The van der Waals surface area contributed by atoms with Gasteiger partial charge in [-0.15, -0.1) is 12.4 Å². The number of nitrogens with one attached hydrogen (secondary N) is 2. The van der Waals surface area contributed by atoms with Crippen LogP contribution < -0.4 is 15.5 Å². The van der Waals surface area contributed by atoms with Gasteiger partial charge in [-0.25, -0.2) is 4.98 Å². The molecule has 2 aromatic rings. The lowest BCUT2D eigenvalue weighted by atomic mass is 10.2. The molecule has 0 unspecified atom stereocenters. The van der Waals surface area contributed by atoms with Gasteiger partial charge < -0.3 is 25.3 Å². The maximum absolute atomic E-state index is 12.9.